The summed E-state index contributed by atoms with van der Waals surface area (Å²) < 4.78 is 44.1. The van der Waals surface area contributed by atoms with Crippen molar-refractivity contribution in [3.05, 3.63) is 71.8 Å². The first-order chi connectivity index (χ1) is 14.8. The molecular weight excluding hydrogens is 403 g/mol. The van der Waals surface area contributed by atoms with Gasteiger partial charge in [0.2, 0.25) is 0 Å². The Hall–Kier alpha value is -2.86. The van der Waals surface area contributed by atoms with Gasteiger partial charge in [0.25, 0.3) is 0 Å². The van der Waals surface area contributed by atoms with E-state index in [4.69, 9.17) is 4.74 Å². The molecule has 1 fully saturated rings. The van der Waals surface area contributed by atoms with E-state index in [1.54, 1.807) is 12.1 Å². The minimum Gasteiger partial charge on any atom is -0.457 e. The molecule has 0 saturated carbocycles. The van der Waals surface area contributed by atoms with Crippen molar-refractivity contribution in [3.63, 3.8) is 0 Å². The van der Waals surface area contributed by atoms with Gasteiger partial charge in [0.15, 0.2) is 5.78 Å². The molecule has 1 saturated heterocycles. The van der Waals surface area contributed by atoms with Crippen molar-refractivity contribution in [1.82, 2.24) is 5.32 Å². The summed E-state index contributed by atoms with van der Waals surface area (Å²) in [4.78, 5) is 12.7. The Morgan fingerprint density at radius 2 is 1.84 bits per heavy atom. The molecular formula is C25H24F3NO2. The first kappa shape index (κ1) is 21.4. The van der Waals surface area contributed by atoms with Crippen LogP contribution in [0.4, 0.5) is 13.2 Å². The second kappa shape index (κ2) is 8.71. The predicted octanol–water partition coefficient (Wildman–Crippen LogP) is 6.47. The van der Waals surface area contributed by atoms with E-state index in [2.05, 4.69) is 12.2 Å². The minimum atomic E-state index is -4.38. The maximum Gasteiger partial charge on any atom is 0.416 e. The zero-order valence-electron chi connectivity index (χ0n) is 17.2. The molecule has 0 unspecified atom stereocenters. The molecule has 0 aromatic heterocycles. The van der Waals surface area contributed by atoms with Crippen molar-refractivity contribution in [2.45, 2.75) is 25.9 Å². The Balaban J connectivity index is 1.48. The van der Waals surface area contributed by atoms with Crippen LogP contribution in [0.5, 0.6) is 11.5 Å². The normalized spacial score (nSPS) is 15.5. The minimum absolute atomic E-state index is 0.120. The van der Waals surface area contributed by atoms with Crippen molar-refractivity contribution in [2.75, 3.05) is 13.1 Å². The molecule has 0 amide bonds. The van der Waals surface area contributed by atoms with Gasteiger partial charge in [0.05, 0.1) is 5.56 Å². The van der Waals surface area contributed by atoms with Crippen LogP contribution in [0.3, 0.4) is 0 Å². The van der Waals surface area contributed by atoms with Gasteiger partial charge in [-0.15, -0.1) is 0 Å². The lowest BCUT2D eigenvalue weighted by Gasteiger charge is -2.32. The van der Waals surface area contributed by atoms with E-state index < -0.39 is 11.7 Å². The molecule has 3 nitrogen and oxygen atoms in total. The molecule has 3 aromatic rings. The SMILES string of the molecule is C[C@H](CCC(=O)c1ccc2c(Oc3ccc(C(F)(F)F)cc3)cccc2c1)C1CNC1. The molecule has 1 aliphatic rings. The second-order valence-corrected chi connectivity index (χ2v) is 8.17. The van der Waals surface area contributed by atoms with Crippen molar-refractivity contribution >= 4 is 16.6 Å². The number of carbonyl (C=O) groups is 1. The lowest BCUT2D eigenvalue weighted by molar-refractivity contribution is -0.137. The van der Waals surface area contributed by atoms with Gasteiger partial charge in [-0.25, -0.2) is 0 Å². The number of benzene rings is 3. The van der Waals surface area contributed by atoms with Gasteiger partial charge in [0, 0.05) is 17.4 Å². The molecule has 162 valence electrons. The van der Waals surface area contributed by atoms with E-state index in [0.29, 0.717) is 35.3 Å². The lowest BCUT2D eigenvalue weighted by atomic mass is 9.85. The summed E-state index contributed by atoms with van der Waals surface area (Å²) in [6.07, 6.45) is -2.99. The number of rotatable bonds is 7. The zero-order chi connectivity index (χ0) is 22.0. The number of fused-ring (bicyclic) bond motifs is 1. The standard InChI is InChI=1S/C25H24F3NO2/c1-16(19-14-29-15-19)5-12-23(30)18-6-11-22-17(13-18)3-2-4-24(22)31-21-9-7-20(8-10-21)25(26,27)28/h2-4,6-11,13,16,19,29H,5,12,14-15H2,1H3/t16-/m1/s1. The van der Waals surface area contributed by atoms with Crippen molar-refractivity contribution in [2.24, 2.45) is 11.8 Å². The summed E-state index contributed by atoms with van der Waals surface area (Å²) in [5.41, 5.74) is -0.0538. The van der Waals surface area contributed by atoms with Gasteiger partial charge < -0.3 is 10.1 Å². The summed E-state index contributed by atoms with van der Waals surface area (Å²) >= 11 is 0. The quantitative estimate of drug-likeness (QED) is 0.439. The van der Waals surface area contributed by atoms with Crippen molar-refractivity contribution in [1.29, 1.82) is 0 Å². The van der Waals surface area contributed by atoms with Crippen LogP contribution in [-0.4, -0.2) is 18.9 Å². The highest BCUT2D eigenvalue weighted by molar-refractivity contribution is 6.01. The number of nitrogens with one attached hydrogen (secondary N) is 1. The van der Waals surface area contributed by atoms with Gasteiger partial charge in [0.1, 0.15) is 11.5 Å². The summed E-state index contributed by atoms with van der Waals surface area (Å²) in [5.74, 6) is 2.15. The summed E-state index contributed by atoms with van der Waals surface area (Å²) in [5, 5.41) is 4.92. The summed E-state index contributed by atoms with van der Waals surface area (Å²) in [7, 11) is 0. The van der Waals surface area contributed by atoms with Gasteiger partial charge in [-0.05, 0) is 79.2 Å². The molecule has 1 atom stereocenters. The summed E-state index contributed by atoms with van der Waals surface area (Å²) in [6.45, 7) is 4.27. The first-order valence-corrected chi connectivity index (χ1v) is 10.4. The van der Waals surface area contributed by atoms with Crippen LogP contribution in [-0.2, 0) is 6.18 Å². The van der Waals surface area contributed by atoms with Crippen LogP contribution in [0, 0.1) is 11.8 Å². The molecule has 1 aliphatic heterocycles. The number of alkyl halides is 3. The molecule has 1 N–H and O–H groups in total. The molecule has 0 aliphatic carbocycles. The van der Waals surface area contributed by atoms with Crippen LogP contribution < -0.4 is 10.1 Å². The Bertz CT molecular complexity index is 1070. The van der Waals surface area contributed by atoms with Gasteiger partial charge in [-0.2, -0.15) is 13.2 Å². The fourth-order valence-electron chi connectivity index (χ4n) is 3.81. The molecule has 4 rings (SSSR count). The monoisotopic (exact) mass is 427 g/mol. The van der Waals surface area contributed by atoms with Crippen LogP contribution >= 0.6 is 0 Å². The van der Waals surface area contributed by atoms with E-state index in [0.717, 1.165) is 42.4 Å². The van der Waals surface area contributed by atoms with Gasteiger partial charge in [-0.1, -0.05) is 25.1 Å². The van der Waals surface area contributed by atoms with Crippen LogP contribution in [0.2, 0.25) is 0 Å². The van der Waals surface area contributed by atoms with Crippen LogP contribution in [0.15, 0.2) is 60.7 Å². The maximum atomic E-state index is 12.7. The number of hydrogen-bond acceptors (Lipinski definition) is 3. The highest BCUT2D eigenvalue weighted by Gasteiger charge is 2.30. The third-order valence-electron chi connectivity index (χ3n) is 6.02. The average molecular weight is 427 g/mol. The highest BCUT2D eigenvalue weighted by Crippen LogP contribution is 2.34. The largest absolute Gasteiger partial charge is 0.457 e. The van der Waals surface area contributed by atoms with E-state index in [1.165, 1.54) is 12.1 Å². The molecule has 0 radical (unpaired) electrons. The van der Waals surface area contributed by atoms with Crippen LogP contribution in [0.1, 0.15) is 35.7 Å². The van der Waals surface area contributed by atoms with Crippen molar-refractivity contribution < 1.29 is 22.7 Å². The number of carbonyl (C=O) groups excluding carboxylic acids is 1. The lowest BCUT2D eigenvalue weighted by Crippen LogP contribution is -2.45. The van der Waals surface area contributed by atoms with Crippen LogP contribution in [0.25, 0.3) is 10.8 Å². The second-order valence-electron chi connectivity index (χ2n) is 8.17. The topological polar surface area (TPSA) is 38.3 Å². The van der Waals surface area contributed by atoms with Crippen molar-refractivity contribution in [3.8, 4) is 11.5 Å². The smallest absolute Gasteiger partial charge is 0.416 e. The van der Waals surface area contributed by atoms with E-state index in [-0.39, 0.29) is 5.78 Å². The van der Waals surface area contributed by atoms with E-state index in [9.17, 15) is 18.0 Å². The Morgan fingerprint density at radius 3 is 2.48 bits per heavy atom. The molecule has 31 heavy (non-hydrogen) atoms. The highest BCUT2D eigenvalue weighted by atomic mass is 19.4. The zero-order valence-corrected chi connectivity index (χ0v) is 17.2. The van der Waals surface area contributed by atoms with Gasteiger partial charge >= 0.3 is 6.18 Å². The first-order valence-electron chi connectivity index (χ1n) is 10.4. The Morgan fingerprint density at radius 1 is 1.10 bits per heavy atom. The molecule has 6 heteroatoms. The Kier molecular flexibility index (Phi) is 6.01. The number of hydrogen-bond donors (Lipinski definition) is 1. The summed E-state index contributed by atoms with van der Waals surface area (Å²) in [6, 6.07) is 15.5. The molecule has 0 spiro atoms. The number of Topliss-reactive ketones (excluding diaryl/α,β-unsaturated/α-hetero) is 1. The van der Waals surface area contributed by atoms with E-state index >= 15 is 0 Å². The maximum absolute atomic E-state index is 12.7. The fraction of sp³-hybridized carbons (Fsp3) is 0.320. The number of ketones is 1. The molecule has 1 heterocycles. The van der Waals surface area contributed by atoms with Gasteiger partial charge in [-0.3, -0.25) is 4.79 Å². The fourth-order valence-corrected chi connectivity index (χ4v) is 3.81. The molecule has 0 bridgehead atoms. The van der Waals surface area contributed by atoms with E-state index in [1.807, 2.05) is 24.3 Å². The third-order valence-corrected chi connectivity index (χ3v) is 6.02. The molecule has 3 aromatic carbocycles. The number of halogens is 3. The number of ether oxygens (including phenoxy) is 1. The predicted molar refractivity (Wildman–Crippen MR) is 115 cm³/mol. The average Bonchev–Trinajstić information content (AvgIpc) is 2.70. The third kappa shape index (κ3) is 4.90. The Labute approximate surface area is 179 Å².